The summed E-state index contributed by atoms with van der Waals surface area (Å²) in [5.41, 5.74) is 0. The molecule has 0 heterocycles. The van der Waals surface area contributed by atoms with Gasteiger partial charge in [-0.15, -0.1) is 0 Å². The van der Waals surface area contributed by atoms with Crippen LogP contribution in [0.15, 0.2) is 30.3 Å². The molecule has 0 amide bonds. The maximum absolute atomic E-state index is 12.6. The highest BCUT2D eigenvalue weighted by Gasteiger charge is 2.59. The van der Waals surface area contributed by atoms with E-state index in [0.29, 0.717) is 0 Å². The van der Waals surface area contributed by atoms with Crippen molar-refractivity contribution in [3.8, 4) is 0 Å². The highest BCUT2D eigenvalue weighted by molar-refractivity contribution is 7.80. The van der Waals surface area contributed by atoms with Gasteiger partial charge in [-0.25, -0.2) is 0 Å². The van der Waals surface area contributed by atoms with Gasteiger partial charge in [0.1, 0.15) is 0 Å². The van der Waals surface area contributed by atoms with Crippen LogP contribution in [0.2, 0.25) is 0 Å². The summed E-state index contributed by atoms with van der Waals surface area (Å²) >= 11 is 0. The lowest BCUT2D eigenvalue weighted by Crippen LogP contribution is -2.31. The van der Waals surface area contributed by atoms with Gasteiger partial charge in [0, 0.05) is 5.30 Å². The molecule has 0 saturated carbocycles. The van der Waals surface area contributed by atoms with Crippen molar-refractivity contribution in [1.82, 2.24) is 0 Å². The maximum atomic E-state index is 12.6. The van der Waals surface area contributed by atoms with Crippen molar-refractivity contribution in [2.45, 2.75) is 25.9 Å². The van der Waals surface area contributed by atoms with Gasteiger partial charge in [0.2, 0.25) is 5.08 Å². The highest BCUT2D eigenvalue weighted by Crippen LogP contribution is 2.73. The molecular weight excluding hydrogens is 302 g/mol. The van der Waals surface area contributed by atoms with E-state index in [9.17, 15) is 19.1 Å². The average Bonchev–Trinajstić information content (AvgIpc) is 2.40. The van der Waals surface area contributed by atoms with Gasteiger partial charge >= 0.3 is 7.60 Å². The molecule has 0 radical (unpaired) electrons. The van der Waals surface area contributed by atoms with E-state index in [1.165, 1.54) is 12.1 Å². The zero-order valence-electron chi connectivity index (χ0n) is 11.7. The molecule has 1 aromatic carbocycles. The van der Waals surface area contributed by atoms with E-state index >= 15 is 0 Å². The first-order valence-corrected chi connectivity index (χ1v) is 9.43. The summed E-state index contributed by atoms with van der Waals surface area (Å²) in [5.74, 6) is 0. The van der Waals surface area contributed by atoms with Crippen LogP contribution in [0.4, 0.5) is 0 Å². The lowest BCUT2D eigenvalue weighted by molar-refractivity contribution is 0.127. The molecule has 2 unspecified atom stereocenters. The minimum absolute atomic E-state index is 0.00960. The Balaban J connectivity index is 3.32. The maximum Gasteiger partial charge on any atom is 0.371 e. The molecule has 0 bridgehead atoms. The highest BCUT2D eigenvalue weighted by atomic mass is 31.2. The Labute approximate surface area is 118 Å². The summed E-state index contributed by atoms with van der Waals surface area (Å²) < 4.78 is 35.2. The van der Waals surface area contributed by atoms with Crippen LogP contribution in [-0.2, 0) is 18.2 Å². The van der Waals surface area contributed by atoms with E-state index in [4.69, 9.17) is 9.05 Å². The SMILES string of the molecule is CCOP(=O)(OCC)C(C)(O)P(=O)(O)c1ccccc1. The first-order chi connectivity index (χ1) is 9.23. The van der Waals surface area contributed by atoms with Gasteiger partial charge in [-0.2, -0.15) is 0 Å². The summed E-state index contributed by atoms with van der Waals surface area (Å²) in [4.78, 5) is 10.3. The fraction of sp³-hybridized carbons (Fsp3) is 0.500. The predicted molar refractivity (Wildman–Crippen MR) is 77.4 cm³/mol. The van der Waals surface area contributed by atoms with E-state index in [2.05, 4.69) is 0 Å². The van der Waals surface area contributed by atoms with Crippen molar-refractivity contribution in [3.05, 3.63) is 30.3 Å². The number of aliphatic hydroxyl groups is 1. The normalized spacial score (nSPS) is 18.2. The number of rotatable bonds is 7. The smallest absolute Gasteiger partial charge is 0.369 e. The molecule has 1 rings (SSSR count). The quantitative estimate of drug-likeness (QED) is 0.749. The lowest BCUT2D eigenvalue weighted by atomic mass is 10.4. The second kappa shape index (κ2) is 6.52. The molecule has 2 atom stereocenters. The van der Waals surface area contributed by atoms with Crippen LogP contribution >= 0.6 is 15.0 Å². The Morgan fingerprint density at radius 1 is 1.10 bits per heavy atom. The first kappa shape index (κ1) is 17.6. The molecule has 20 heavy (non-hydrogen) atoms. The van der Waals surface area contributed by atoms with Crippen LogP contribution in [0.1, 0.15) is 20.8 Å². The first-order valence-electron chi connectivity index (χ1n) is 6.23. The second-order valence-electron chi connectivity index (χ2n) is 4.22. The summed E-state index contributed by atoms with van der Waals surface area (Å²) in [6.45, 7) is 4.11. The van der Waals surface area contributed by atoms with Crippen LogP contribution in [-0.4, -0.2) is 28.3 Å². The van der Waals surface area contributed by atoms with Crippen molar-refractivity contribution in [1.29, 1.82) is 0 Å². The van der Waals surface area contributed by atoms with Crippen molar-refractivity contribution in [3.63, 3.8) is 0 Å². The van der Waals surface area contributed by atoms with Crippen LogP contribution in [0, 0.1) is 0 Å². The second-order valence-corrected chi connectivity index (χ2v) is 9.49. The molecule has 0 spiro atoms. The Morgan fingerprint density at radius 2 is 1.55 bits per heavy atom. The fourth-order valence-corrected chi connectivity index (χ4v) is 5.99. The zero-order valence-corrected chi connectivity index (χ0v) is 13.5. The lowest BCUT2D eigenvalue weighted by Gasteiger charge is -2.34. The Kier molecular flexibility index (Phi) is 5.73. The van der Waals surface area contributed by atoms with Crippen LogP contribution in [0.3, 0.4) is 0 Å². The molecule has 1 aromatic rings. The van der Waals surface area contributed by atoms with Crippen molar-refractivity contribution in [2.75, 3.05) is 13.2 Å². The van der Waals surface area contributed by atoms with Gasteiger partial charge in [-0.3, -0.25) is 9.13 Å². The van der Waals surface area contributed by atoms with E-state index < -0.39 is 20.0 Å². The average molecular weight is 322 g/mol. The molecule has 0 aliphatic rings. The number of hydrogen-bond acceptors (Lipinski definition) is 5. The van der Waals surface area contributed by atoms with Gasteiger partial charge in [-0.05, 0) is 32.9 Å². The number of hydrogen-bond donors (Lipinski definition) is 2. The molecule has 0 aromatic heterocycles. The molecule has 0 saturated heterocycles. The summed E-state index contributed by atoms with van der Waals surface area (Å²) in [7, 11) is -8.55. The van der Waals surface area contributed by atoms with Crippen LogP contribution < -0.4 is 5.30 Å². The Hall–Kier alpha value is -0.480. The topological polar surface area (TPSA) is 93.1 Å². The van der Waals surface area contributed by atoms with E-state index in [1.54, 1.807) is 32.0 Å². The van der Waals surface area contributed by atoms with Gasteiger partial charge < -0.3 is 19.0 Å². The zero-order chi connectivity index (χ0) is 15.4. The summed E-state index contributed by atoms with van der Waals surface area (Å²) in [6, 6.07) is 7.55. The van der Waals surface area contributed by atoms with E-state index in [-0.39, 0.29) is 18.5 Å². The largest absolute Gasteiger partial charge is 0.371 e. The molecule has 6 nitrogen and oxygen atoms in total. The van der Waals surface area contributed by atoms with Gasteiger partial charge in [0.15, 0.2) is 0 Å². The van der Waals surface area contributed by atoms with E-state index in [1.807, 2.05) is 0 Å². The third-order valence-corrected chi connectivity index (χ3v) is 8.73. The monoisotopic (exact) mass is 322 g/mol. The third kappa shape index (κ3) is 3.06. The molecular formula is C12H20O6P2. The molecule has 8 heteroatoms. The van der Waals surface area contributed by atoms with Crippen molar-refractivity contribution < 1.29 is 28.2 Å². The fourth-order valence-electron chi connectivity index (χ4n) is 1.66. The van der Waals surface area contributed by atoms with Crippen molar-refractivity contribution >= 4 is 20.3 Å². The Bertz CT molecular complexity index is 518. The molecule has 0 fully saturated rings. The molecule has 0 aliphatic carbocycles. The molecule has 114 valence electrons. The van der Waals surface area contributed by atoms with Gasteiger partial charge in [-0.1, -0.05) is 18.2 Å². The van der Waals surface area contributed by atoms with Gasteiger partial charge in [0.05, 0.1) is 13.2 Å². The molecule has 2 N–H and O–H groups in total. The van der Waals surface area contributed by atoms with Crippen LogP contribution in [0.25, 0.3) is 0 Å². The number of benzene rings is 1. The minimum atomic E-state index is -4.39. The van der Waals surface area contributed by atoms with Crippen molar-refractivity contribution in [2.24, 2.45) is 0 Å². The summed E-state index contributed by atoms with van der Waals surface area (Å²) in [5, 5.41) is 7.92. The standard InChI is InChI=1S/C12H20O6P2/c1-4-17-20(16,18-5-2)12(3,13)19(14,15)11-9-7-6-8-10-11/h6-10,13H,4-5H2,1-3H3,(H,14,15). The summed E-state index contributed by atoms with van der Waals surface area (Å²) in [6.07, 6.45) is 0. The Morgan fingerprint density at radius 3 is 1.95 bits per heavy atom. The molecule has 0 aliphatic heterocycles. The van der Waals surface area contributed by atoms with Crippen LogP contribution in [0.5, 0.6) is 0 Å². The van der Waals surface area contributed by atoms with Gasteiger partial charge in [0.25, 0.3) is 7.37 Å². The third-order valence-electron chi connectivity index (χ3n) is 2.80. The predicted octanol–water partition coefficient (Wildman–Crippen LogP) is 2.51. The van der Waals surface area contributed by atoms with E-state index in [0.717, 1.165) is 6.92 Å². The minimum Gasteiger partial charge on any atom is -0.369 e.